The summed E-state index contributed by atoms with van der Waals surface area (Å²) in [5, 5.41) is 5.78. The molecule has 0 saturated carbocycles. The van der Waals surface area contributed by atoms with Crippen LogP contribution >= 0.6 is 0 Å². The van der Waals surface area contributed by atoms with Crippen LogP contribution in [0.3, 0.4) is 0 Å². The predicted molar refractivity (Wildman–Crippen MR) is 101 cm³/mol. The summed E-state index contributed by atoms with van der Waals surface area (Å²) < 4.78 is 0. The maximum absolute atomic E-state index is 12.0. The van der Waals surface area contributed by atoms with Gasteiger partial charge in [0.25, 0.3) is 0 Å². The van der Waals surface area contributed by atoms with E-state index in [0.29, 0.717) is 12.5 Å². The fourth-order valence-corrected chi connectivity index (χ4v) is 3.24. The van der Waals surface area contributed by atoms with Gasteiger partial charge in [0, 0.05) is 33.1 Å². The van der Waals surface area contributed by atoms with E-state index in [4.69, 9.17) is 0 Å². The molecule has 1 fully saturated rings. The molecular formula is C20H31N3O2. The van der Waals surface area contributed by atoms with Crippen LogP contribution in [0.4, 0.5) is 4.79 Å². The van der Waals surface area contributed by atoms with Gasteiger partial charge in [-0.1, -0.05) is 31.2 Å². The third kappa shape index (κ3) is 6.77. The first-order chi connectivity index (χ1) is 12.1. The molecule has 1 saturated heterocycles. The molecule has 0 radical (unpaired) electrons. The fourth-order valence-electron chi connectivity index (χ4n) is 3.24. The van der Waals surface area contributed by atoms with E-state index in [1.165, 1.54) is 11.1 Å². The first-order valence-electron chi connectivity index (χ1n) is 9.43. The summed E-state index contributed by atoms with van der Waals surface area (Å²) in [5.74, 6) is 0.673. The Bertz CT molecular complexity index is 549. The summed E-state index contributed by atoms with van der Waals surface area (Å²) in [6, 6.07) is 8.80. The molecule has 0 aromatic heterocycles. The molecule has 25 heavy (non-hydrogen) atoms. The van der Waals surface area contributed by atoms with Gasteiger partial charge in [0.1, 0.15) is 0 Å². The second-order valence-electron chi connectivity index (χ2n) is 6.92. The molecule has 0 aliphatic carbocycles. The Hall–Kier alpha value is -2.04. The van der Waals surface area contributed by atoms with Crippen molar-refractivity contribution >= 4 is 11.9 Å². The standard InChI is InChI=1S/C20H31N3O2/c1-3-11-22-20(25)23-13-9-19(10-14-23)15-18-6-4-17(5-7-18)8-12-21-16(2)24/h4-7,19H,3,8-15H2,1-2H3,(H,21,24)(H,22,25). The molecule has 0 bridgehead atoms. The number of urea groups is 1. The topological polar surface area (TPSA) is 61.4 Å². The number of hydrogen-bond acceptors (Lipinski definition) is 2. The molecule has 5 nitrogen and oxygen atoms in total. The van der Waals surface area contributed by atoms with Crippen LogP contribution in [-0.2, 0) is 17.6 Å². The summed E-state index contributed by atoms with van der Waals surface area (Å²) >= 11 is 0. The average molecular weight is 345 g/mol. The van der Waals surface area contributed by atoms with Crippen molar-refractivity contribution in [2.24, 2.45) is 5.92 Å². The van der Waals surface area contributed by atoms with Crippen LogP contribution in [0, 0.1) is 5.92 Å². The molecule has 0 atom stereocenters. The highest BCUT2D eigenvalue weighted by atomic mass is 16.2. The Labute approximate surface area is 151 Å². The highest BCUT2D eigenvalue weighted by molar-refractivity contribution is 5.74. The molecule has 0 unspecified atom stereocenters. The van der Waals surface area contributed by atoms with Crippen LogP contribution in [0.2, 0.25) is 0 Å². The van der Waals surface area contributed by atoms with Gasteiger partial charge >= 0.3 is 6.03 Å². The van der Waals surface area contributed by atoms with Gasteiger partial charge in [0.05, 0.1) is 0 Å². The van der Waals surface area contributed by atoms with Crippen molar-refractivity contribution in [2.45, 2.75) is 46.0 Å². The van der Waals surface area contributed by atoms with Gasteiger partial charge in [0.2, 0.25) is 5.91 Å². The second-order valence-corrected chi connectivity index (χ2v) is 6.92. The normalized spacial score (nSPS) is 15.0. The number of likely N-dealkylation sites (tertiary alicyclic amines) is 1. The van der Waals surface area contributed by atoms with Crippen LogP contribution in [0.1, 0.15) is 44.2 Å². The molecule has 1 aromatic rings. The molecule has 5 heteroatoms. The number of benzene rings is 1. The third-order valence-corrected chi connectivity index (χ3v) is 4.76. The predicted octanol–water partition coefficient (Wildman–Crippen LogP) is 2.74. The van der Waals surface area contributed by atoms with Crippen molar-refractivity contribution in [3.8, 4) is 0 Å². The van der Waals surface area contributed by atoms with Crippen LogP contribution in [0.5, 0.6) is 0 Å². The Morgan fingerprint density at radius 2 is 1.68 bits per heavy atom. The highest BCUT2D eigenvalue weighted by Crippen LogP contribution is 2.22. The number of nitrogens with zero attached hydrogens (tertiary/aromatic N) is 1. The SMILES string of the molecule is CCCNC(=O)N1CCC(Cc2ccc(CCNC(C)=O)cc2)CC1. The summed E-state index contributed by atoms with van der Waals surface area (Å²) in [6.45, 7) is 6.77. The molecule has 0 spiro atoms. The molecular weight excluding hydrogens is 314 g/mol. The van der Waals surface area contributed by atoms with E-state index in [2.05, 4.69) is 41.8 Å². The van der Waals surface area contributed by atoms with Gasteiger partial charge in [-0.2, -0.15) is 0 Å². The lowest BCUT2D eigenvalue weighted by molar-refractivity contribution is -0.118. The van der Waals surface area contributed by atoms with E-state index < -0.39 is 0 Å². The number of amides is 3. The van der Waals surface area contributed by atoms with Gasteiger partial charge in [-0.3, -0.25) is 4.79 Å². The molecule has 1 heterocycles. The fraction of sp³-hybridized carbons (Fsp3) is 0.600. The molecule has 1 aromatic carbocycles. The first kappa shape index (κ1) is 19.3. The monoisotopic (exact) mass is 345 g/mol. The van der Waals surface area contributed by atoms with Gasteiger partial charge in [-0.25, -0.2) is 4.79 Å². The Morgan fingerprint density at radius 3 is 2.28 bits per heavy atom. The molecule has 1 aliphatic rings. The molecule has 2 rings (SSSR count). The van der Waals surface area contributed by atoms with E-state index in [0.717, 1.165) is 51.7 Å². The minimum absolute atomic E-state index is 0.0198. The Morgan fingerprint density at radius 1 is 1.04 bits per heavy atom. The van der Waals surface area contributed by atoms with Gasteiger partial charge in [0.15, 0.2) is 0 Å². The number of hydrogen-bond donors (Lipinski definition) is 2. The van der Waals surface area contributed by atoms with Crippen molar-refractivity contribution in [3.63, 3.8) is 0 Å². The zero-order valence-electron chi connectivity index (χ0n) is 15.5. The van der Waals surface area contributed by atoms with Crippen molar-refractivity contribution in [1.29, 1.82) is 0 Å². The lowest BCUT2D eigenvalue weighted by atomic mass is 9.90. The second kappa shape index (κ2) is 10.1. The van der Waals surface area contributed by atoms with E-state index in [9.17, 15) is 9.59 Å². The highest BCUT2D eigenvalue weighted by Gasteiger charge is 2.22. The number of carbonyl (C=O) groups is 2. The number of piperidine rings is 1. The lowest BCUT2D eigenvalue weighted by Gasteiger charge is -2.32. The molecule has 3 amide bonds. The van der Waals surface area contributed by atoms with Crippen molar-refractivity contribution in [1.82, 2.24) is 15.5 Å². The summed E-state index contributed by atoms with van der Waals surface area (Å²) in [6.07, 6.45) is 5.07. The largest absolute Gasteiger partial charge is 0.356 e. The maximum atomic E-state index is 12.0. The third-order valence-electron chi connectivity index (χ3n) is 4.76. The van der Waals surface area contributed by atoms with E-state index >= 15 is 0 Å². The Kier molecular flexibility index (Phi) is 7.76. The first-order valence-corrected chi connectivity index (χ1v) is 9.43. The smallest absolute Gasteiger partial charge is 0.317 e. The van der Waals surface area contributed by atoms with Crippen molar-refractivity contribution < 1.29 is 9.59 Å². The molecule has 2 N–H and O–H groups in total. The van der Waals surface area contributed by atoms with Gasteiger partial charge in [-0.15, -0.1) is 0 Å². The minimum atomic E-state index is 0.0198. The number of rotatable bonds is 7. The van der Waals surface area contributed by atoms with E-state index in [-0.39, 0.29) is 11.9 Å². The quantitative estimate of drug-likeness (QED) is 0.798. The van der Waals surface area contributed by atoms with E-state index in [1.807, 2.05) is 4.90 Å². The maximum Gasteiger partial charge on any atom is 0.317 e. The van der Waals surface area contributed by atoms with Gasteiger partial charge in [-0.05, 0) is 49.1 Å². The average Bonchev–Trinajstić information content (AvgIpc) is 2.61. The summed E-state index contributed by atoms with van der Waals surface area (Å²) in [7, 11) is 0. The zero-order valence-corrected chi connectivity index (χ0v) is 15.5. The number of carbonyl (C=O) groups excluding carboxylic acids is 2. The van der Waals surface area contributed by atoms with Crippen LogP contribution in [-0.4, -0.2) is 43.0 Å². The Balaban J connectivity index is 1.72. The lowest BCUT2D eigenvalue weighted by Crippen LogP contribution is -2.44. The minimum Gasteiger partial charge on any atom is -0.356 e. The van der Waals surface area contributed by atoms with Crippen LogP contribution in [0.15, 0.2) is 24.3 Å². The van der Waals surface area contributed by atoms with Crippen molar-refractivity contribution in [3.05, 3.63) is 35.4 Å². The van der Waals surface area contributed by atoms with Gasteiger partial charge < -0.3 is 15.5 Å². The summed E-state index contributed by atoms with van der Waals surface area (Å²) in [4.78, 5) is 24.8. The van der Waals surface area contributed by atoms with E-state index in [1.54, 1.807) is 6.92 Å². The van der Waals surface area contributed by atoms with Crippen LogP contribution in [0.25, 0.3) is 0 Å². The molecule has 138 valence electrons. The van der Waals surface area contributed by atoms with Crippen LogP contribution < -0.4 is 10.6 Å². The zero-order chi connectivity index (χ0) is 18.1. The summed E-state index contributed by atoms with van der Waals surface area (Å²) in [5.41, 5.74) is 2.61. The van der Waals surface area contributed by atoms with Crippen molar-refractivity contribution in [2.75, 3.05) is 26.2 Å². The number of nitrogens with one attached hydrogen (secondary N) is 2. The molecule has 1 aliphatic heterocycles.